The maximum Gasteiger partial charge on any atom is 0.243 e. The highest BCUT2D eigenvalue weighted by Gasteiger charge is 2.35. The van der Waals surface area contributed by atoms with Crippen LogP contribution in [0.4, 0.5) is 0 Å². The quantitative estimate of drug-likeness (QED) is 0.583. The molecule has 0 radical (unpaired) electrons. The predicted molar refractivity (Wildman–Crippen MR) is 110 cm³/mol. The average Bonchev–Trinajstić information content (AvgIpc) is 3.26. The third-order valence-corrected chi connectivity index (χ3v) is 6.46. The zero-order valence-electron chi connectivity index (χ0n) is 15.2. The van der Waals surface area contributed by atoms with Crippen molar-refractivity contribution in [2.45, 2.75) is 36.6 Å². The molecule has 0 bridgehead atoms. The number of thioether (sulfide) groups is 1. The normalized spacial score (nSPS) is 17.7. The van der Waals surface area contributed by atoms with Crippen LogP contribution < -0.4 is 0 Å². The molecule has 0 saturated carbocycles. The summed E-state index contributed by atoms with van der Waals surface area (Å²) in [5, 5.41) is 5.81. The highest BCUT2D eigenvalue weighted by atomic mass is 32.2. The Bertz CT molecular complexity index is 980. The SMILES string of the molecule is CC(=O)N1N=C([C@H](C)Sc2nc3ccccc3s2)O[C@H]1c1ccc(C)cc1. The van der Waals surface area contributed by atoms with Crippen molar-refractivity contribution in [1.82, 2.24) is 9.99 Å². The number of aromatic nitrogens is 1. The summed E-state index contributed by atoms with van der Waals surface area (Å²) in [7, 11) is 0. The van der Waals surface area contributed by atoms with E-state index < -0.39 is 6.23 Å². The van der Waals surface area contributed by atoms with Crippen LogP contribution in [0.1, 0.15) is 31.2 Å². The number of hydrazone groups is 1. The molecule has 4 rings (SSSR count). The molecule has 27 heavy (non-hydrogen) atoms. The Kier molecular flexibility index (Phi) is 4.88. The number of carbonyl (C=O) groups is 1. The first-order chi connectivity index (χ1) is 13.0. The highest BCUT2D eigenvalue weighted by molar-refractivity contribution is 8.02. The molecule has 3 aromatic rings. The minimum atomic E-state index is -0.517. The molecule has 0 spiro atoms. The van der Waals surface area contributed by atoms with Gasteiger partial charge in [-0.1, -0.05) is 53.7 Å². The van der Waals surface area contributed by atoms with E-state index in [4.69, 9.17) is 4.74 Å². The monoisotopic (exact) mass is 397 g/mol. The largest absolute Gasteiger partial charge is 0.448 e. The third kappa shape index (κ3) is 3.70. The smallest absolute Gasteiger partial charge is 0.243 e. The molecule has 2 atom stereocenters. The van der Waals surface area contributed by atoms with E-state index in [1.807, 2.05) is 56.3 Å². The van der Waals surface area contributed by atoms with Crippen LogP contribution in [-0.4, -0.2) is 27.0 Å². The summed E-state index contributed by atoms with van der Waals surface area (Å²) in [4.78, 5) is 16.7. The maximum absolute atomic E-state index is 12.1. The fraction of sp³-hybridized carbons (Fsp3) is 0.250. The van der Waals surface area contributed by atoms with Gasteiger partial charge in [0.05, 0.1) is 15.5 Å². The molecule has 0 aliphatic carbocycles. The molecule has 2 aromatic carbocycles. The molecular weight excluding hydrogens is 378 g/mol. The second kappa shape index (κ2) is 7.32. The van der Waals surface area contributed by atoms with E-state index in [0.29, 0.717) is 5.90 Å². The first-order valence-corrected chi connectivity index (χ1v) is 10.3. The second-order valence-corrected chi connectivity index (χ2v) is 9.01. The molecule has 7 heteroatoms. The van der Waals surface area contributed by atoms with Crippen molar-refractivity contribution in [3.8, 4) is 0 Å². The Morgan fingerprint density at radius 1 is 1.22 bits per heavy atom. The number of benzene rings is 2. The van der Waals surface area contributed by atoms with Crippen LogP contribution >= 0.6 is 23.1 Å². The van der Waals surface area contributed by atoms with Crippen LogP contribution in [0.15, 0.2) is 58.0 Å². The van der Waals surface area contributed by atoms with Gasteiger partial charge in [0.1, 0.15) is 0 Å². The maximum atomic E-state index is 12.1. The van der Waals surface area contributed by atoms with Crippen molar-refractivity contribution in [2.75, 3.05) is 0 Å². The first-order valence-electron chi connectivity index (χ1n) is 8.65. The molecule has 0 fully saturated rings. The number of thiazole rings is 1. The van der Waals surface area contributed by atoms with Gasteiger partial charge in [-0.15, -0.1) is 16.4 Å². The van der Waals surface area contributed by atoms with Gasteiger partial charge >= 0.3 is 0 Å². The summed E-state index contributed by atoms with van der Waals surface area (Å²) in [5.41, 5.74) is 3.06. The number of rotatable bonds is 4. The topological polar surface area (TPSA) is 54.8 Å². The van der Waals surface area contributed by atoms with Crippen LogP contribution in [-0.2, 0) is 9.53 Å². The fourth-order valence-corrected chi connectivity index (χ4v) is 5.05. The summed E-state index contributed by atoms with van der Waals surface area (Å²) >= 11 is 3.24. The number of para-hydroxylation sites is 1. The van der Waals surface area contributed by atoms with Crippen molar-refractivity contribution >= 4 is 45.1 Å². The number of hydrogen-bond donors (Lipinski definition) is 0. The van der Waals surface area contributed by atoms with Crippen molar-refractivity contribution < 1.29 is 9.53 Å². The molecule has 2 heterocycles. The van der Waals surface area contributed by atoms with Gasteiger partial charge in [0.15, 0.2) is 4.34 Å². The van der Waals surface area contributed by atoms with E-state index in [2.05, 4.69) is 16.2 Å². The van der Waals surface area contributed by atoms with Gasteiger partial charge in [-0.05, 0) is 26.0 Å². The van der Waals surface area contributed by atoms with Crippen molar-refractivity contribution in [3.05, 3.63) is 59.7 Å². The number of amides is 1. The number of nitrogens with zero attached hydrogens (tertiary/aromatic N) is 3. The van der Waals surface area contributed by atoms with Gasteiger partial charge < -0.3 is 4.74 Å². The van der Waals surface area contributed by atoms with Crippen LogP contribution in [0, 0.1) is 6.92 Å². The number of fused-ring (bicyclic) bond motifs is 1. The number of aryl methyl sites for hydroxylation is 1. The van der Waals surface area contributed by atoms with E-state index in [0.717, 1.165) is 25.7 Å². The molecule has 5 nitrogen and oxygen atoms in total. The fourth-order valence-electron chi connectivity index (χ4n) is 2.80. The van der Waals surface area contributed by atoms with Gasteiger partial charge in [-0.3, -0.25) is 4.79 Å². The molecule has 1 aliphatic heterocycles. The lowest BCUT2D eigenvalue weighted by atomic mass is 10.1. The van der Waals surface area contributed by atoms with E-state index in [-0.39, 0.29) is 11.2 Å². The summed E-state index contributed by atoms with van der Waals surface area (Å²) in [6.45, 7) is 5.55. The van der Waals surface area contributed by atoms with Gasteiger partial charge in [0.25, 0.3) is 0 Å². The second-order valence-electron chi connectivity index (χ2n) is 6.39. The Morgan fingerprint density at radius 3 is 2.67 bits per heavy atom. The zero-order valence-corrected chi connectivity index (χ0v) is 16.9. The molecule has 1 aromatic heterocycles. The van der Waals surface area contributed by atoms with Crippen molar-refractivity contribution in [2.24, 2.45) is 5.10 Å². The Hall–Kier alpha value is -2.38. The third-order valence-electron chi connectivity index (χ3n) is 4.25. The Labute approximate surface area is 166 Å². The number of hydrogen-bond acceptors (Lipinski definition) is 6. The predicted octanol–water partition coefficient (Wildman–Crippen LogP) is 4.98. The molecule has 1 amide bonds. The zero-order chi connectivity index (χ0) is 19.0. The molecule has 0 unspecified atom stereocenters. The first kappa shape index (κ1) is 18.0. The number of carbonyl (C=O) groups excluding carboxylic acids is 1. The standard InChI is InChI=1S/C20H19N3O2S2/c1-12-8-10-15(11-9-12)19-23(14(3)24)22-18(25-19)13(2)26-20-21-16-6-4-5-7-17(16)27-20/h4-11,13,19H,1-3H3/t13-,19-/m0/s1. The molecule has 138 valence electrons. The summed E-state index contributed by atoms with van der Waals surface area (Å²) in [6.07, 6.45) is -0.517. The van der Waals surface area contributed by atoms with E-state index in [9.17, 15) is 4.79 Å². The lowest BCUT2D eigenvalue weighted by Gasteiger charge is -2.19. The molecule has 1 aliphatic rings. The molecular formula is C20H19N3O2S2. The summed E-state index contributed by atoms with van der Waals surface area (Å²) in [5.74, 6) is 0.396. The lowest BCUT2D eigenvalue weighted by molar-refractivity contribution is -0.135. The highest BCUT2D eigenvalue weighted by Crippen LogP contribution is 2.36. The van der Waals surface area contributed by atoms with Crippen LogP contribution in [0.2, 0.25) is 0 Å². The Morgan fingerprint density at radius 2 is 1.96 bits per heavy atom. The average molecular weight is 398 g/mol. The van der Waals surface area contributed by atoms with E-state index >= 15 is 0 Å². The van der Waals surface area contributed by atoms with Gasteiger partial charge in [-0.2, -0.15) is 5.01 Å². The van der Waals surface area contributed by atoms with Crippen molar-refractivity contribution in [1.29, 1.82) is 0 Å². The van der Waals surface area contributed by atoms with Crippen LogP contribution in [0.25, 0.3) is 10.2 Å². The van der Waals surface area contributed by atoms with E-state index in [1.165, 1.54) is 11.9 Å². The van der Waals surface area contributed by atoms with Gasteiger partial charge in [0, 0.05) is 12.5 Å². The van der Waals surface area contributed by atoms with Gasteiger partial charge in [0.2, 0.25) is 18.0 Å². The summed E-state index contributed by atoms with van der Waals surface area (Å²) in [6, 6.07) is 16.0. The number of ether oxygens (including phenoxy) is 1. The minimum absolute atomic E-state index is 0.0529. The molecule has 0 saturated heterocycles. The van der Waals surface area contributed by atoms with Gasteiger partial charge in [-0.25, -0.2) is 4.98 Å². The minimum Gasteiger partial charge on any atom is -0.448 e. The van der Waals surface area contributed by atoms with Crippen LogP contribution in [0.5, 0.6) is 0 Å². The van der Waals surface area contributed by atoms with Crippen molar-refractivity contribution in [3.63, 3.8) is 0 Å². The summed E-state index contributed by atoms with van der Waals surface area (Å²) < 4.78 is 8.20. The molecule has 0 N–H and O–H groups in total. The lowest BCUT2D eigenvalue weighted by Crippen LogP contribution is -2.25. The Balaban J connectivity index is 1.54. The van der Waals surface area contributed by atoms with E-state index in [1.54, 1.807) is 23.1 Å². The van der Waals surface area contributed by atoms with Crippen LogP contribution in [0.3, 0.4) is 0 Å².